The summed E-state index contributed by atoms with van der Waals surface area (Å²) in [6.07, 6.45) is 0. The van der Waals surface area contributed by atoms with E-state index in [1.165, 1.54) is 0 Å². The van der Waals surface area contributed by atoms with Gasteiger partial charge in [-0.15, -0.1) is 0 Å². The molecular weight excluding hydrogens is 314 g/mol. The molecule has 0 spiro atoms. The Morgan fingerprint density at radius 3 is 2.67 bits per heavy atom. The Kier molecular flexibility index (Phi) is 3.75. The molecule has 0 saturated carbocycles. The first kappa shape index (κ1) is 12.7. The number of hydrogen-bond acceptors (Lipinski definition) is 3. The molecule has 0 unspecified atom stereocenters. The molecule has 0 aliphatic carbocycles. The second-order valence-corrected chi connectivity index (χ2v) is 4.84. The zero-order valence-electron chi connectivity index (χ0n) is 9.24. The van der Waals surface area contributed by atoms with Crippen LogP contribution in [0.4, 0.5) is 17.1 Å². The molecule has 3 N–H and O–H groups in total. The van der Waals surface area contributed by atoms with Gasteiger partial charge in [0.25, 0.3) is 0 Å². The Hall–Kier alpha value is -1.70. The molecule has 0 heterocycles. The summed E-state index contributed by atoms with van der Waals surface area (Å²) in [5, 5.41) is 12.6. The minimum Gasteiger partial charge on any atom is -0.397 e. The molecule has 0 saturated heterocycles. The van der Waals surface area contributed by atoms with E-state index < -0.39 is 0 Å². The van der Waals surface area contributed by atoms with Gasteiger partial charge in [0.1, 0.15) is 0 Å². The number of halogens is 2. The van der Waals surface area contributed by atoms with E-state index >= 15 is 0 Å². The fourth-order valence-electron chi connectivity index (χ4n) is 1.49. The first-order chi connectivity index (χ1) is 8.61. The maximum Gasteiger partial charge on any atom is 0.0992 e. The number of nitriles is 1. The largest absolute Gasteiger partial charge is 0.397 e. The van der Waals surface area contributed by atoms with Crippen molar-refractivity contribution in [1.82, 2.24) is 0 Å². The Bertz CT molecular complexity index is 635. The van der Waals surface area contributed by atoms with Gasteiger partial charge in [-0.25, -0.2) is 0 Å². The summed E-state index contributed by atoms with van der Waals surface area (Å²) in [4.78, 5) is 0. The van der Waals surface area contributed by atoms with Gasteiger partial charge in [0.2, 0.25) is 0 Å². The molecule has 0 amide bonds. The molecule has 0 radical (unpaired) electrons. The van der Waals surface area contributed by atoms with Crippen molar-refractivity contribution in [2.45, 2.75) is 0 Å². The van der Waals surface area contributed by atoms with Crippen molar-refractivity contribution in [3.05, 3.63) is 51.5 Å². The van der Waals surface area contributed by atoms with Crippen LogP contribution in [0.1, 0.15) is 5.56 Å². The van der Waals surface area contributed by atoms with Crippen LogP contribution in [0.25, 0.3) is 0 Å². The highest BCUT2D eigenvalue weighted by Gasteiger charge is 2.06. The molecule has 0 aromatic heterocycles. The average Bonchev–Trinajstić information content (AvgIpc) is 2.37. The number of nitrogens with two attached hydrogens (primary N) is 1. The summed E-state index contributed by atoms with van der Waals surface area (Å²) >= 11 is 9.41. The van der Waals surface area contributed by atoms with Gasteiger partial charge >= 0.3 is 0 Å². The number of benzene rings is 2. The topological polar surface area (TPSA) is 61.8 Å². The summed E-state index contributed by atoms with van der Waals surface area (Å²) in [6.45, 7) is 0. The third kappa shape index (κ3) is 2.58. The van der Waals surface area contributed by atoms with E-state index in [4.69, 9.17) is 22.6 Å². The normalized spacial score (nSPS) is 9.83. The van der Waals surface area contributed by atoms with Crippen LogP contribution in [0, 0.1) is 11.3 Å². The number of nitrogens with one attached hydrogen (secondary N) is 1. The third-order valence-electron chi connectivity index (χ3n) is 2.40. The van der Waals surface area contributed by atoms with Crippen molar-refractivity contribution in [2.75, 3.05) is 11.1 Å². The van der Waals surface area contributed by atoms with Crippen LogP contribution in [-0.4, -0.2) is 0 Å². The first-order valence-corrected chi connectivity index (χ1v) is 6.29. The van der Waals surface area contributed by atoms with Crippen molar-refractivity contribution >= 4 is 44.6 Å². The molecule has 18 heavy (non-hydrogen) atoms. The van der Waals surface area contributed by atoms with Gasteiger partial charge < -0.3 is 11.1 Å². The van der Waals surface area contributed by atoms with Gasteiger partial charge in [0.15, 0.2) is 0 Å². The molecule has 0 bridgehead atoms. The second-order valence-electron chi connectivity index (χ2n) is 3.64. The fraction of sp³-hybridized carbons (Fsp3) is 0. The molecule has 3 nitrogen and oxygen atoms in total. The van der Waals surface area contributed by atoms with E-state index in [1.807, 2.05) is 18.2 Å². The van der Waals surface area contributed by atoms with Gasteiger partial charge in [-0.1, -0.05) is 17.7 Å². The summed E-state index contributed by atoms with van der Waals surface area (Å²) in [7, 11) is 0. The van der Waals surface area contributed by atoms with Gasteiger partial charge in [-0.05, 0) is 46.3 Å². The number of hydrogen-bond donors (Lipinski definition) is 2. The molecule has 2 aromatic carbocycles. The highest BCUT2D eigenvalue weighted by atomic mass is 79.9. The third-order valence-corrected chi connectivity index (χ3v) is 3.80. The van der Waals surface area contributed by atoms with E-state index in [0.29, 0.717) is 16.3 Å². The summed E-state index contributed by atoms with van der Waals surface area (Å²) in [6, 6.07) is 12.7. The lowest BCUT2D eigenvalue weighted by atomic mass is 10.2. The van der Waals surface area contributed by atoms with Crippen molar-refractivity contribution in [3.63, 3.8) is 0 Å². The molecule has 0 aliphatic heterocycles. The molecule has 2 rings (SSSR count). The van der Waals surface area contributed by atoms with E-state index in [2.05, 4.69) is 21.2 Å². The maximum absolute atomic E-state index is 8.77. The van der Waals surface area contributed by atoms with Crippen LogP contribution in [0.3, 0.4) is 0 Å². The SMILES string of the molecule is N#Cc1ccc(Nc2cccc(Cl)c2Br)c(N)c1. The summed E-state index contributed by atoms with van der Waals surface area (Å²) < 4.78 is 0.774. The maximum atomic E-state index is 8.77. The minimum atomic E-state index is 0.515. The van der Waals surface area contributed by atoms with Crippen molar-refractivity contribution in [2.24, 2.45) is 0 Å². The van der Waals surface area contributed by atoms with Crippen LogP contribution in [0.5, 0.6) is 0 Å². The van der Waals surface area contributed by atoms with Crippen molar-refractivity contribution in [3.8, 4) is 6.07 Å². The molecule has 0 atom stereocenters. The van der Waals surface area contributed by atoms with Gasteiger partial charge in [-0.2, -0.15) is 5.26 Å². The van der Waals surface area contributed by atoms with E-state index in [9.17, 15) is 0 Å². The predicted octanol–water partition coefficient (Wildman–Crippen LogP) is 4.30. The Morgan fingerprint density at radius 1 is 1.22 bits per heavy atom. The number of nitrogen functional groups attached to an aromatic ring is 1. The Balaban J connectivity index is 2.35. The molecule has 90 valence electrons. The summed E-state index contributed by atoms with van der Waals surface area (Å²) in [5.74, 6) is 0. The highest BCUT2D eigenvalue weighted by Crippen LogP contribution is 2.33. The molecule has 0 aliphatic rings. The van der Waals surface area contributed by atoms with Crippen LogP contribution >= 0.6 is 27.5 Å². The molecule has 0 fully saturated rings. The molecule has 2 aromatic rings. The fourth-order valence-corrected chi connectivity index (χ4v) is 2.03. The quantitative estimate of drug-likeness (QED) is 0.810. The van der Waals surface area contributed by atoms with Gasteiger partial charge in [-0.3, -0.25) is 0 Å². The monoisotopic (exact) mass is 321 g/mol. The predicted molar refractivity (Wildman–Crippen MR) is 78.0 cm³/mol. The van der Waals surface area contributed by atoms with E-state index in [-0.39, 0.29) is 0 Å². The molecular formula is C13H9BrClN3. The Morgan fingerprint density at radius 2 is 2.00 bits per heavy atom. The Labute approximate surface area is 118 Å². The smallest absolute Gasteiger partial charge is 0.0992 e. The summed E-state index contributed by atoms with van der Waals surface area (Å²) in [5.41, 5.74) is 8.47. The average molecular weight is 323 g/mol. The number of anilines is 3. The van der Waals surface area contributed by atoms with Crippen LogP contribution in [0.2, 0.25) is 5.02 Å². The van der Waals surface area contributed by atoms with Gasteiger partial charge in [0.05, 0.1) is 38.2 Å². The lowest BCUT2D eigenvalue weighted by Gasteiger charge is -2.11. The molecule has 5 heteroatoms. The van der Waals surface area contributed by atoms with Crippen molar-refractivity contribution in [1.29, 1.82) is 5.26 Å². The zero-order valence-corrected chi connectivity index (χ0v) is 11.6. The standard InChI is InChI=1S/C13H9BrClN3/c14-13-9(15)2-1-3-12(13)18-11-5-4-8(7-16)6-10(11)17/h1-6,18H,17H2. The van der Waals surface area contributed by atoms with Crippen molar-refractivity contribution < 1.29 is 0 Å². The lowest BCUT2D eigenvalue weighted by Crippen LogP contribution is -1.97. The number of nitrogens with zero attached hydrogens (tertiary/aromatic N) is 1. The zero-order chi connectivity index (χ0) is 13.1. The number of rotatable bonds is 2. The highest BCUT2D eigenvalue weighted by molar-refractivity contribution is 9.10. The van der Waals surface area contributed by atoms with Crippen LogP contribution < -0.4 is 11.1 Å². The second kappa shape index (κ2) is 5.30. The minimum absolute atomic E-state index is 0.515. The van der Waals surface area contributed by atoms with Gasteiger partial charge in [0, 0.05) is 0 Å². The van der Waals surface area contributed by atoms with Crippen LogP contribution in [0.15, 0.2) is 40.9 Å². The van der Waals surface area contributed by atoms with E-state index in [1.54, 1.807) is 24.3 Å². The van der Waals surface area contributed by atoms with Crippen LogP contribution in [-0.2, 0) is 0 Å². The lowest BCUT2D eigenvalue weighted by molar-refractivity contribution is 1.47. The first-order valence-electron chi connectivity index (χ1n) is 5.12. The van der Waals surface area contributed by atoms with E-state index in [0.717, 1.165) is 15.8 Å².